The fourth-order valence-electron chi connectivity index (χ4n) is 3.29. The number of hydrogen-bond acceptors (Lipinski definition) is 2. The van der Waals surface area contributed by atoms with Crippen molar-refractivity contribution in [3.05, 3.63) is 28.2 Å². The predicted octanol–water partition coefficient (Wildman–Crippen LogP) is 4.56. The van der Waals surface area contributed by atoms with Crippen LogP contribution in [0.15, 0.2) is 22.7 Å². The molecule has 1 fully saturated rings. The molecule has 5 heteroatoms. The van der Waals surface area contributed by atoms with Crippen LogP contribution in [0.4, 0.5) is 5.69 Å². The van der Waals surface area contributed by atoms with Gasteiger partial charge in [0.05, 0.1) is 5.41 Å². The summed E-state index contributed by atoms with van der Waals surface area (Å²) in [5.74, 6) is -0.0858. The molecule has 1 aromatic rings. The Morgan fingerprint density at radius 3 is 2.38 bits per heavy atom. The fourth-order valence-corrected chi connectivity index (χ4v) is 3.54. The van der Waals surface area contributed by atoms with Crippen molar-refractivity contribution >= 4 is 33.4 Å². The highest BCUT2D eigenvalue weighted by Gasteiger charge is 2.43. The maximum Gasteiger partial charge on any atom is 0.231 e. The second-order valence-corrected chi connectivity index (χ2v) is 8.73. The SMILES string of the molecule is Cc1cc(NC(=O)C2(CC(=O)NC(C)(C)C)CCCC2)ccc1Br. The van der Waals surface area contributed by atoms with Crippen LogP contribution in [0.25, 0.3) is 0 Å². The van der Waals surface area contributed by atoms with E-state index in [2.05, 4.69) is 26.6 Å². The molecule has 24 heavy (non-hydrogen) atoms. The Bertz CT molecular complexity index is 629. The number of benzene rings is 1. The van der Waals surface area contributed by atoms with Gasteiger partial charge in [-0.2, -0.15) is 0 Å². The summed E-state index contributed by atoms with van der Waals surface area (Å²) in [4.78, 5) is 25.3. The Balaban J connectivity index is 2.12. The topological polar surface area (TPSA) is 58.2 Å². The number of hydrogen-bond donors (Lipinski definition) is 2. The number of nitrogens with one attached hydrogen (secondary N) is 2. The van der Waals surface area contributed by atoms with E-state index in [1.165, 1.54) is 0 Å². The highest BCUT2D eigenvalue weighted by Crippen LogP contribution is 2.42. The minimum absolute atomic E-state index is 0.0363. The Kier molecular flexibility index (Phi) is 5.74. The average Bonchev–Trinajstić information content (AvgIpc) is 2.90. The molecule has 1 saturated carbocycles. The van der Waals surface area contributed by atoms with Gasteiger partial charge in [-0.15, -0.1) is 0 Å². The predicted molar refractivity (Wildman–Crippen MR) is 101 cm³/mol. The normalized spacial score (nSPS) is 16.7. The standard InChI is InChI=1S/C19H27BrN2O2/c1-13-11-14(7-8-15(13)20)21-17(24)19(9-5-6-10-19)12-16(23)22-18(2,3)4/h7-8,11H,5-6,9-10,12H2,1-4H3,(H,21,24)(H,22,23). The number of carbonyl (C=O) groups excluding carboxylic acids is 2. The summed E-state index contributed by atoms with van der Waals surface area (Å²) in [6.07, 6.45) is 3.79. The van der Waals surface area contributed by atoms with E-state index in [0.29, 0.717) is 0 Å². The number of rotatable bonds is 4. The van der Waals surface area contributed by atoms with Crippen LogP contribution in [-0.2, 0) is 9.59 Å². The van der Waals surface area contributed by atoms with Crippen LogP contribution in [0.1, 0.15) is 58.4 Å². The van der Waals surface area contributed by atoms with Crippen molar-refractivity contribution < 1.29 is 9.59 Å². The minimum Gasteiger partial charge on any atom is -0.351 e. The molecule has 4 nitrogen and oxygen atoms in total. The molecule has 2 amide bonds. The summed E-state index contributed by atoms with van der Waals surface area (Å²) in [7, 11) is 0. The van der Waals surface area contributed by atoms with Crippen LogP contribution in [0.3, 0.4) is 0 Å². The van der Waals surface area contributed by atoms with Crippen LogP contribution in [0.5, 0.6) is 0 Å². The third-order valence-electron chi connectivity index (χ3n) is 4.47. The maximum atomic E-state index is 12.9. The Labute approximate surface area is 152 Å². The smallest absolute Gasteiger partial charge is 0.231 e. The zero-order valence-electron chi connectivity index (χ0n) is 15.0. The van der Waals surface area contributed by atoms with Crippen LogP contribution in [0.2, 0.25) is 0 Å². The molecular formula is C19H27BrN2O2. The first-order chi connectivity index (χ1) is 11.1. The molecule has 0 radical (unpaired) electrons. The molecule has 1 aliphatic carbocycles. The van der Waals surface area contributed by atoms with Crippen LogP contribution < -0.4 is 10.6 Å². The molecule has 0 saturated heterocycles. The van der Waals surface area contributed by atoms with Crippen LogP contribution in [0, 0.1) is 12.3 Å². The van der Waals surface area contributed by atoms with Crippen molar-refractivity contribution in [2.75, 3.05) is 5.32 Å². The number of aryl methyl sites for hydroxylation is 1. The molecule has 0 heterocycles. The van der Waals surface area contributed by atoms with Gasteiger partial charge in [0.15, 0.2) is 0 Å². The van der Waals surface area contributed by atoms with Crippen molar-refractivity contribution in [1.82, 2.24) is 5.32 Å². The molecule has 0 unspecified atom stereocenters. The van der Waals surface area contributed by atoms with Gasteiger partial charge in [-0.3, -0.25) is 9.59 Å². The summed E-state index contributed by atoms with van der Waals surface area (Å²) in [5.41, 5.74) is 0.980. The van der Waals surface area contributed by atoms with Gasteiger partial charge < -0.3 is 10.6 Å². The number of halogens is 1. The highest BCUT2D eigenvalue weighted by molar-refractivity contribution is 9.10. The van der Waals surface area contributed by atoms with Gasteiger partial charge in [0.2, 0.25) is 11.8 Å². The van der Waals surface area contributed by atoms with Crippen molar-refractivity contribution in [3.63, 3.8) is 0 Å². The Morgan fingerprint density at radius 2 is 1.83 bits per heavy atom. The molecule has 2 N–H and O–H groups in total. The third kappa shape index (κ3) is 4.82. The average molecular weight is 395 g/mol. The summed E-state index contributed by atoms with van der Waals surface area (Å²) in [5, 5.41) is 6.00. The third-order valence-corrected chi connectivity index (χ3v) is 5.36. The van der Waals surface area contributed by atoms with E-state index in [1.807, 2.05) is 45.9 Å². The number of carbonyl (C=O) groups is 2. The first kappa shape index (κ1) is 19.0. The summed E-state index contributed by atoms with van der Waals surface area (Å²) >= 11 is 3.47. The van der Waals surface area contributed by atoms with Crippen molar-refractivity contribution in [2.45, 2.75) is 65.3 Å². The van der Waals surface area contributed by atoms with E-state index in [9.17, 15) is 9.59 Å². The Morgan fingerprint density at radius 1 is 1.21 bits per heavy atom. The summed E-state index contributed by atoms with van der Waals surface area (Å²) < 4.78 is 1.01. The lowest BCUT2D eigenvalue weighted by molar-refractivity contribution is -0.133. The molecular weight excluding hydrogens is 368 g/mol. The maximum absolute atomic E-state index is 12.9. The molecule has 2 rings (SSSR count). The van der Waals surface area contributed by atoms with Crippen LogP contribution in [-0.4, -0.2) is 17.4 Å². The minimum atomic E-state index is -0.587. The molecule has 0 aromatic heterocycles. The largest absolute Gasteiger partial charge is 0.351 e. The van der Waals surface area contributed by atoms with E-state index in [0.717, 1.165) is 41.4 Å². The second kappa shape index (κ2) is 7.26. The molecule has 132 valence electrons. The van der Waals surface area contributed by atoms with E-state index in [4.69, 9.17) is 0 Å². The summed E-state index contributed by atoms with van der Waals surface area (Å²) in [6.45, 7) is 7.85. The van der Waals surface area contributed by atoms with Gasteiger partial charge in [0.25, 0.3) is 0 Å². The molecule has 0 spiro atoms. The van der Waals surface area contributed by atoms with Gasteiger partial charge in [-0.1, -0.05) is 28.8 Å². The van der Waals surface area contributed by atoms with Crippen LogP contribution >= 0.6 is 15.9 Å². The quantitative estimate of drug-likeness (QED) is 0.785. The van der Waals surface area contributed by atoms with Crippen molar-refractivity contribution in [2.24, 2.45) is 5.41 Å². The lowest BCUT2D eigenvalue weighted by atomic mass is 9.81. The van der Waals surface area contributed by atoms with Gasteiger partial charge in [-0.05, 0) is 64.3 Å². The van der Waals surface area contributed by atoms with Crippen molar-refractivity contribution in [3.8, 4) is 0 Å². The lowest BCUT2D eigenvalue weighted by Gasteiger charge is -2.29. The molecule has 0 atom stereocenters. The molecule has 1 aromatic carbocycles. The highest BCUT2D eigenvalue weighted by atomic mass is 79.9. The van der Waals surface area contributed by atoms with Gasteiger partial charge in [0.1, 0.15) is 0 Å². The van der Waals surface area contributed by atoms with E-state index >= 15 is 0 Å². The second-order valence-electron chi connectivity index (χ2n) is 7.88. The molecule has 0 aliphatic heterocycles. The fraction of sp³-hybridized carbons (Fsp3) is 0.579. The monoisotopic (exact) mass is 394 g/mol. The Hall–Kier alpha value is -1.36. The first-order valence-electron chi connectivity index (χ1n) is 8.50. The van der Waals surface area contributed by atoms with Gasteiger partial charge in [-0.25, -0.2) is 0 Å². The molecule has 0 bridgehead atoms. The van der Waals surface area contributed by atoms with E-state index in [-0.39, 0.29) is 23.8 Å². The summed E-state index contributed by atoms with van der Waals surface area (Å²) in [6, 6.07) is 5.76. The zero-order chi connectivity index (χ0) is 18.0. The number of amides is 2. The van der Waals surface area contributed by atoms with Crippen molar-refractivity contribution in [1.29, 1.82) is 0 Å². The molecule has 1 aliphatic rings. The zero-order valence-corrected chi connectivity index (χ0v) is 16.5. The van der Waals surface area contributed by atoms with E-state index in [1.54, 1.807) is 0 Å². The lowest BCUT2D eigenvalue weighted by Crippen LogP contribution is -2.45. The van der Waals surface area contributed by atoms with E-state index < -0.39 is 5.41 Å². The number of anilines is 1. The van der Waals surface area contributed by atoms with Gasteiger partial charge in [0, 0.05) is 22.1 Å². The first-order valence-corrected chi connectivity index (χ1v) is 9.29. The van der Waals surface area contributed by atoms with Gasteiger partial charge >= 0.3 is 0 Å².